The third-order valence-electron chi connectivity index (χ3n) is 18.3. The van der Waals surface area contributed by atoms with Gasteiger partial charge in [0.05, 0.1) is 44.1 Å². The predicted octanol–water partition coefficient (Wildman–Crippen LogP) is -1.85. The zero-order valence-corrected chi connectivity index (χ0v) is 65.9. The van der Waals surface area contributed by atoms with E-state index in [0.29, 0.717) is 25.8 Å². The predicted molar refractivity (Wildman–Crippen MR) is 361 cm³/mol. The summed E-state index contributed by atoms with van der Waals surface area (Å²) in [6, 6.07) is -1.46. The number of unbranched alkanes of at least 4 members (excludes halogenated alkanes) is 3. The maximum Gasteiger partial charge on any atom is 0.397 e. The number of fused-ring (bicyclic) bond motifs is 1. The lowest BCUT2D eigenvalue weighted by atomic mass is 9.88. The number of ether oxygens (including phenoxy) is 16. The molecule has 0 aromatic rings. The van der Waals surface area contributed by atoms with Gasteiger partial charge in [0, 0.05) is 86.1 Å². The highest BCUT2D eigenvalue weighted by Crippen LogP contribution is 2.43. The van der Waals surface area contributed by atoms with Crippen molar-refractivity contribution in [1.29, 1.82) is 0 Å². The van der Waals surface area contributed by atoms with E-state index in [-0.39, 0.29) is 85.5 Å². The van der Waals surface area contributed by atoms with E-state index in [1.807, 2.05) is 0 Å². The number of methoxy groups -OCH3 is 7. The van der Waals surface area contributed by atoms with Gasteiger partial charge in [-0.2, -0.15) is 37.0 Å². The Bertz CT molecular complexity index is 3270. The average Bonchev–Trinajstić information content (AvgIpc) is 0.887. The van der Waals surface area contributed by atoms with Crippen LogP contribution in [0, 0.1) is 5.92 Å². The summed E-state index contributed by atoms with van der Waals surface area (Å²) in [5, 5.41) is 72.1. The molecule has 0 spiro atoms. The normalized spacial score (nSPS) is 35.9. The monoisotopic (exact) mass is 1770 g/mol. The number of carboxylic acids is 2. The maximum atomic E-state index is 14.0. The zero-order valence-electron chi connectivity index (χ0n) is 60.2. The van der Waals surface area contributed by atoms with Crippen LogP contribution >= 0.6 is 48.7 Å². The van der Waals surface area contributed by atoms with Crippen molar-refractivity contribution < 1.29 is 218 Å². The molecule has 0 bridgehead atoms. The molecule has 13 unspecified atom stereocenters. The molecule has 0 saturated carbocycles. The molecule has 0 aromatic heterocycles. The summed E-state index contributed by atoms with van der Waals surface area (Å²) in [6.07, 6.45) is -40.5. The Labute approximate surface area is 656 Å². The van der Waals surface area contributed by atoms with E-state index in [1.165, 1.54) is 14.0 Å². The van der Waals surface area contributed by atoms with Crippen LogP contribution in [0.2, 0.25) is 0 Å². The molecule has 650 valence electrons. The second-order valence-corrected chi connectivity index (χ2v) is 30.9. The molecule has 12 N–H and O–H groups in total. The minimum absolute atomic E-state index is 0.00110. The summed E-state index contributed by atoms with van der Waals surface area (Å²) >= 11 is 1.23. The van der Waals surface area contributed by atoms with Gasteiger partial charge in [-0.1, -0.05) is 34.9 Å². The number of thioether (sulfide) groups is 1. The van der Waals surface area contributed by atoms with Crippen LogP contribution in [0.15, 0.2) is 0 Å². The fourth-order valence-electron chi connectivity index (χ4n) is 13.4. The maximum absolute atomic E-state index is 14.0. The van der Waals surface area contributed by atoms with Crippen molar-refractivity contribution in [3.05, 3.63) is 0 Å². The lowest BCUT2D eigenvalue weighted by Crippen LogP contribution is -2.69. The van der Waals surface area contributed by atoms with Crippen molar-refractivity contribution in [3.63, 3.8) is 0 Å². The van der Waals surface area contributed by atoms with Crippen LogP contribution in [0.4, 0.5) is 4.79 Å². The minimum Gasteiger partial charge on any atom is -0.479 e. The first kappa shape index (κ1) is 96.2. The first-order valence-corrected chi connectivity index (χ1v) is 40.5. The van der Waals surface area contributed by atoms with Crippen LogP contribution in [-0.2, 0) is 179 Å². The fourth-order valence-corrected chi connectivity index (χ4v) is 17.0. The molecule has 7 rings (SSSR count). The van der Waals surface area contributed by atoms with E-state index < -0.39 is 222 Å². The van der Waals surface area contributed by atoms with Gasteiger partial charge < -0.3 is 107 Å². The summed E-state index contributed by atoms with van der Waals surface area (Å²) in [6.45, 7) is -1.61. The Morgan fingerprint density at radius 2 is 0.902 bits per heavy atom. The number of nitrogens with one attached hydrogen (secondary N) is 4. The van der Waals surface area contributed by atoms with Crippen molar-refractivity contribution in [1.82, 2.24) is 21.3 Å². The molecule has 112 heavy (non-hydrogen) atoms. The second-order valence-electron chi connectivity index (χ2n) is 24.9. The molecule has 58 heteroatoms. The zero-order chi connectivity index (χ0) is 82.2. The van der Waals surface area contributed by atoms with Gasteiger partial charge in [0.15, 0.2) is 92.8 Å². The van der Waals surface area contributed by atoms with Gasteiger partial charge in [-0.15, -0.1) is 13.0 Å². The summed E-state index contributed by atoms with van der Waals surface area (Å²) in [5.74, 6) is -4.68. The number of hydrogen-bond donors (Lipinski definition) is 12. The van der Waals surface area contributed by atoms with E-state index in [0.717, 1.165) is 61.3 Å². The van der Waals surface area contributed by atoms with Gasteiger partial charge >= 0.3 is 49.2 Å². The number of rotatable bonds is 50. The third kappa shape index (κ3) is 27.5. The number of urea groups is 1. The highest BCUT2D eigenvalue weighted by atomic mass is 32.3. The molecule has 7 aliphatic rings. The van der Waals surface area contributed by atoms with Gasteiger partial charge in [0.2, 0.25) is 11.8 Å². The van der Waals surface area contributed by atoms with Gasteiger partial charge in [0.1, 0.15) is 79.3 Å². The van der Waals surface area contributed by atoms with Crippen LogP contribution in [0.1, 0.15) is 58.3 Å². The molecule has 28 atom stereocenters. The van der Waals surface area contributed by atoms with Gasteiger partial charge in [-0.25, -0.2) is 42.7 Å². The SMILES string of the molecule is COC1C(OC)[C@H](O[C@H]2O[C@H](COS(=O)(=O)O)[C@@H](O[C@@H]3OC(C(=O)O)[C@H](O[C@@H]4OC(COS(=O)(=O)O)[C@H](C)[C@H](OC)C4NC(=O)CCCCCNC(=O)CCCCC4SCC5NC(=O)NC54)[C@H](OC)C3OC)C(OSOOO)C2OSOOO)[C@H](C(=O)O)O[C@@H]1O[C@H]1C(COS(=O)(=O)O)O[C@@H](OC)C(OSOOO)[C@H]1OC. The average molecular weight is 1770 g/mol. The van der Waals surface area contributed by atoms with Crippen molar-refractivity contribution in [2.24, 2.45) is 5.92 Å². The quantitative estimate of drug-likeness (QED) is 0.00794. The Morgan fingerprint density at radius 1 is 0.482 bits per heavy atom. The Kier molecular flexibility index (Phi) is 40.0. The molecule has 0 radical (unpaired) electrons. The Balaban J connectivity index is 1.14. The molecule has 0 aliphatic carbocycles. The topological polar surface area (TPSA) is 656 Å². The largest absolute Gasteiger partial charge is 0.479 e. The minimum atomic E-state index is -5.56. The number of carbonyl (C=O) groups is 5. The number of amides is 4. The van der Waals surface area contributed by atoms with Gasteiger partial charge in [-0.05, 0) is 25.7 Å². The highest BCUT2D eigenvalue weighted by molar-refractivity contribution is 8.00. The van der Waals surface area contributed by atoms with Crippen LogP contribution in [0.5, 0.6) is 0 Å². The molecule has 51 nitrogen and oxygen atoms in total. The molecule has 0 aromatic carbocycles. The van der Waals surface area contributed by atoms with Crippen LogP contribution in [0.3, 0.4) is 0 Å². The van der Waals surface area contributed by atoms with Crippen LogP contribution in [0.25, 0.3) is 0 Å². The summed E-state index contributed by atoms with van der Waals surface area (Å²) in [4.78, 5) is 65.7. The lowest BCUT2D eigenvalue weighted by Gasteiger charge is -2.51. The molecule has 7 heterocycles. The first-order chi connectivity index (χ1) is 53.3. The molecule has 7 fully saturated rings. The van der Waals surface area contributed by atoms with Crippen LogP contribution < -0.4 is 21.3 Å². The van der Waals surface area contributed by atoms with Gasteiger partial charge in [-0.3, -0.25) is 35.8 Å². The Morgan fingerprint density at radius 3 is 1.38 bits per heavy atom. The van der Waals surface area contributed by atoms with E-state index in [1.54, 1.807) is 11.8 Å². The Hall–Kier alpha value is -2.96. The molecule has 7 saturated heterocycles. The number of hydrogen-bond acceptors (Lipinski definition) is 46. The second kappa shape index (κ2) is 46.6. The molecule has 4 amide bonds. The summed E-state index contributed by atoms with van der Waals surface area (Å²) < 4.78 is 242. The number of carbonyl (C=O) groups excluding carboxylic acids is 3. The van der Waals surface area contributed by atoms with E-state index in [4.69, 9.17) is 97.8 Å². The van der Waals surface area contributed by atoms with Crippen molar-refractivity contribution in [3.8, 4) is 0 Å². The highest BCUT2D eigenvalue weighted by Gasteiger charge is 2.62. The smallest absolute Gasteiger partial charge is 0.397 e. The van der Waals surface area contributed by atoms with Crippen molar-refractivity contribution >= 4 is 110 Å². The van der Waals surface area contributed by atoms with Gasteiger partial charge in [0.25, 0.3) is 0 Å². The van der Waals surface area contributed by atoms with E-state index in [9.17, 15) is 83.6 Å². The molecular weight excluding hydrogens is 1680 g/mol. The first-order valence-electron chi connectivity index (χ1n) is 33.4. The lowest BCUT2D eigenvalue weighted by molar-refractivity contribution is -0.437. The number of carboxylic acid groups (broad SMARTS) is 2. The van der Waals surface area contributed by atoms with Crippen molar-refractivity contribution in [2.45, 2.75) is 223 Å². The van der Waals surface area contributed by atoms with Crippen molar-refractivity contribution in [2.75, 3.05) is 81.9 Å². The summed E-state index contributed by atoms with van der Waals surface area (Å²) in [7, 11) is -8.48. The summed E-state index contributed by atoms with van der Waals surface area (Å²) in [5.41, 5.74) is 0. The van der Waals surface area contributed by atoms with E-state index >= 15 is 0 Å². The molecule has 7 aliphatic heterocycles. The molecular formula is C54H90N4O47S7. The standard InChI is InChI=1S/C54H90N4O47S7/c1-22-24(18-85-110(69,70)71)88-49(31(32(22)78-2)57-29(60)16-10-9-13-17-55-28(59)15-12-11-14-27-30-23(21-106-27)56-54(65)58-30)93-38-36(80-4)43(82-6)52(95-41(38)47(61)62)92-34-26(20-87-112(75,76)77)90-53(46(99-109-105-102-68)40(34)97-107-103-100-66)94-39-37(81-5)44(83-7)51(96-42(39)48(63)64)91-33-25(19-86-111(72,73)74)89-50(84-8)45(35(33)79-3)98-108-104-101-67/h22-27,30-46,49-53,66-68H,9-21H2,1-8H3,(H,55,59)(H,57,60)(H,61,62)(H,63,64)(H2,56,58,65)(H,69,70,71)(H,72,73,74)(H,75,76,77)/t22-,23?,24?,25?,26+,27?,30?,31?,32-,33-,34+,35-,36-,37?,38+,39-,40?,41?,42+,43?,44?,45?,46?,49-,50+,51-,52+,53+/m0/s1. The van der Waals surface area contributed by atoms with E-state index in [2.05, 4.69) is 57.7 Å². The fraction of sp³-hybridized carbons (Fsp3) is 0.907. The van der Waals surface area contributed by atoms with Crippen LogP contribution in [-0.4, -0.2) is 341 Å². The number of aliphatic carboxylic acids is 2. The third-order valence-corrected chi connectivity index (χ3v) is 22.4.